The van der Waals surface area contributed by atoms with Crippen LogP contribution in [0.5, 0.6) is 23.0 Å². The Hall–Kier alpha value is -2.95. The fourth-order valence-electron chi connectivity index (χ4n) is 2.49. The van der Waals surface area contributed by atoms with Crippen LogP contribution in [0.3, 0.4) is 0 Å². The molecule has 124 valence electrons. The van der Waals surface area contributed by atoms with Crippen LogP contribution in [-0.4, -0.2) is 26.6 Å². The zero-order chi connectivity index (χ0) is 17.1. The van der Waals surface area contributed by atoms with Crippen LogP contribution in [0.25, 0.3) is 6.08 Å². The van der Waals surface area contributed by atoms with Crippen molar-refractivity contribution >= 4 is 11.9 Å². The minimum atomic E-state index is -0.152. The Morgan fingerprint density at radius 1 is 1.04 bits per heavy atom. The summed E-state index contributed by atoms with van der Waals surface area (Å²) in [4.78, 5) is 12.4. The summed E-state index contributed by atoms with van der Waals surface area (Å²) < 4.78 is 21.6. The molecule has 1 aliphatic heterocycles. The van der Waals surface area contributed by atoms with Gasteiger partial charge in [0, 0.05) is 6.07 Å². The van der Waals surface area contributed by atoms with E-state index in [2.05, 4.69) is 0 Å². The Bertz CT molecular complexity index is 807. The minimum absolute atomic E-state index is 0.152. The largest absolute Gasteiger partial charge is 0.497 e. The molecule has 0 saturated heterocycles. The van der Waals surface area contributed by atoms with Crippen LogP contribution in [0.4, 0.5) is 0 Å². The van der Waals surface area contributed by atoms with Gasteiger partial charge in [-0.25, -0.2) is 0 Å². The average molecular weight is 326 g/mol. The number of methoxy groups -OCH3 is 2. The summed E-state index contributed by atoms with van der Waals surface area (Å²) in [5.41, 5.74) is 1.32. The van der Waals surface area contributed by atoms with Gasteiger partial charge in [0.15, 0.2) is 17.3 Å². The van der Waals surface area contributed by atoms with Gasteiger partial charge in [0.1, 0.15) is 11.5 Å². The molecule has 0 atom stereocenters. The number of benzene rings is 2. The van der Waals surface area contributed by atoms with Crippen LogP contribution < -0.4 is 18.9 Å². The summed E-state index contributed by atoms with van der Waals surface area (Å²) >= 11 is 0. The lowest BCUT2D eigenvalue weighted by Gasteiger charge is -2.09. The summed E-state index contributed by atoms with van der Waals surface area (Å²) in [5.74, 6) is 2.53. The minimum Gasteiger partial charge on any atom is -0.497 e. The standard InChI is InChI=1S/C19H18O5/c1-4-23-15-8-5-12(9-17(15)22-3)10-18-19(20)14-7-6-13(21-2)11-16(14)24-18/h5-11H,4H2,1-3H3/b18-10-. The van der Waals surface area contributed by atoms with E-state index in [-0.39, 0.29) is 11.5 Å². The molecule has 0 amide bonds. The lowest BCUT2D eigenvalue weighted by Crippen LogP contribution is -1.99. The quantitative estimate of drug-likeness (QED) is 0.784. The van der Waals surface area contributed by atoms with Gasteiger partial charge < -0.3 is 18.9 Å². The molecule has 5 heteroatoms. The Labute approximate surface area is 140 Å². The normalized spacial score (nSPS) is 14.3. The van der Waals surface area contributed by atoms with Crippen molar-refractivity contribution in [3.05, 3.63) is 53.3 Å². The number of ether oxygens (including phenoxy) is 4. The van der Waals surface area contributed by atoms with Crippen LogP contribution in [0.2, 0.25) is 0 Å². The number of carbonyl (C=O) groups excluding carboxylic acids is 1. The molecule has 24 heavy (non-hydrogen) atoms. The van der Waals surface area contributed by atoms with Gasteiger partial charge >= 0.3 is 0 Å². The number of hydrogen-bond donors (Lipinski definition) is 0. The van der Waals surface area contributed by atoms with Gasteiger partial charge in [-0.1, -0.05) is 6.07 Å². The van der Waals surface area contributed by atoms with Crippen molar-refractivity contribution in [3.8, 4) is 23.0 Å². The first-order valence-electron chi connectivity index (χ1n) is 7.59. The van der Waals surface area contributed by atoms with Gasteiger partial charge in [0.25, 0.3) is 0 Å². The third kappa shape index (κ3) is 2.93. The molecule has 0 radical (unpaired) electrons. The molecule has 3 rings (SSSR count). The van der Waals surface area contributed by atoms with Crippen molar-refractivity contribution in [2.24, 2.45) is 0 Å². The average Bonchev–Trinajstić information content (AvgIpc) is 2.91. The summed E-state index contributed by atoms with van der Waals surface area (Å²) in [6.07, 6.45) is 1.69. The number of allylic oxidation sites excluding steroid dienone is 1. The number of fused-ring (bicyclic) bond motifs is 1. The molecular weight excluding hydrogens is 308 g/mol. The molecule has 0 aromatic heterocycles. The van der Waals surface area contributed by atoms with Crippen molar-refractivity contribution < 1.29 is 23.7 Å². The van der Waals surface area contributed by atoms with Crippen LogP contribution in [0.15, 0.2) is 42.2 Å². The third-order valence-corrected chi connectivity index (χ3v) is 3.66. The number of ketones is 1. The molecule has 0 N–H and O–H groups in total. The number of rotatable bonds is 5. The van der Waals surface area contributed by atoms with E-state index in [1.54, 1.807) is 44.6 Å². The summed E-state index contributed by atoms with van der Waals surface area (Å²) in [5, 5.41) is 0. The van der Waals surface area contributed by atoms with Crippen molar-refractivity contribution in [2.45, 2.75) is 6.92 Å². The molecule has 0 spiro atoms. The molecule has 0 fully saturated rings. The van der Waals surface area contributed by atoms with Crippen molar-refractivity contribution in [1.82, 2.24) is 0 Å². The molecule has 1 aliphatic rings. The molecular formula is C19H18O5. The van der Waals surface area contributed by atoms with Crippen LogP contribution >= 0.6 is 0 Å². The highest BCUT2D eigenvalue weighted by molar-refractivity contribution is 6.14. The van der Waals surface area contributed by atoms with Gasteiger partial charge in [-0.15, -0.1) is 0 Å². The molecule has 0 bridgehead atoms. The van der Waals surface area contributed by atoms with Crippen LogP contribution in [-0.2, 0) is 0 Å². The second-order valence-electron chi connectivity index (χ2n) is 5.15. The summed E-state index contributed by atoms with van der Waals surface area (Å²) in [6, 6.07) is 10.6. The van der Waals surface area contributed by atoms with E-state index in [9.17, 15) is 4.79 Å². The van der Waals surface area contributed by atoms with Crippen molar-refractivity contribution in [3.63, 3.8) is 0 Å². The maximum Gasteiger partial charge on any atom is 0.231 e. The fourth-order valence-corrected chi connectivity index (χ4v) is 2.49. The number of carbonyl (C=O) groups is 1. The SMILES string of the molecule is CCOc1ccc(/C=C2\Oc3cc(OC)ccc3C2=O)cc1OC. The summed E-state index contributed by atoms with van der Waals surface area (Å²) in [6.45, 7) is 2.46. The van der Waals surface area contributed by atoms with Crippen molar-refractivity contribution in [1.29, 1.82) is 0 Å². The Kier molecular flexibility index (Phi) is 4.42. The lowest BCUT2D eigenvalue weighted by molar-refractivity contribution is 0.101. The van der Waals surface area contributed by atoms with E-state index < -0.39 is 0 Å². The Balaban J connectivity index is 1.91. The highest BCUT2D eigenvalue weighted by atomic mass is 16.5. The van der Waals surface area contributed by atoms with Crippen molar-refractivity contribution in [2.75, 3.05) is 20.8 Å². The zero-order valence-corrected chi connectivity index (χ0v) is 13.8. The van der Waals surface area contributed by atoms with Gasteiger partial charge in [-0.2, -0.15) is 0 Å². The first kappa shape index (κ1) is 15.9. The lowest BCUT2D eigenvalue weighted by atomic mass is 10.1. The Morgan fingerprint density at radius 3 is 2.58 bits per heavy atom. The molecule has 2 aromatic rings. The zero-order valence-electron chi connectivity index (χ0n) is 13.8. The van der Waals surface area contributed by atoms with Crippen LogP contribution in [0, 0.1) is 0 Å². The summed E-state index contributed by atoms with van der Waals surface area (Å²) in [7, 11) is 3.15. The van der Waals surface area contributed by atoms with Gasteiger partial charge in [0.05, 0.1) is 26.4 Å². The highest BCUT2D eigenvalue weighted by Gasteiger charge is 2.27. The molecule has 1 heterocycles. The predicted molar refractivity (Wildman–Crippen MR) is 90.1 cm³/mol. The van der Waals surface area contributed by atoms with E-state index in [1.807, 2.05) is 19.1 Å². The smallest absolute Gasteiger partial charge is 0.231 e. The highest BCUT2D eigenvalue weighted by Crippen LogP contribution is 2.35. The number of Topliss-reactive ketones (excluding diaryl/α,β-unsaturated/α-hetero) is 1. The first-order valence-corrected chi connectivity index (χ1v) is 7.59. The maximum absolute atomic E-state index is 12.4. The molecule has 0 saturated carbocycles. The third-order valence-electron chi connectivity index (χ3n) is 3.66. The first-order chi connectivity index (χ1) is 11.7. The second-order valence-corrected chi connectivity index (χ2v) is 5.15. The van der Waals surface area contributed by atoms with E-state index in [4.69, 9.17) is 18.9 Å². The maximum atomic E-state index is 12.4. The molecule has 0 aliphatic carbocycles. The second kappa shape index (κ2) is 6.66. The topological polar surface area (TPSA) is 54.0 Å². The van der Waals surface area contributed by atoms with E-state index in [0.717, 1.165) is 5.56 Å². The van der Waals surface area contributed by atoms with E-state index >= 15 is 0 Å². The fraction of sp³-hybridized carbons (Fsp3) is 0.211. The van der Waals surface area contributed by atoms with Gasteiger partial charge in [-0.05, 0) is 42.8 Å². The molecule has 5 nitrogen and oxygen atoms in total. The predicted octanol–water partition coefficient (Wildman–Crippen LogP) is 3.72. The Morgan fingerprint density at radius 2 is 1.88 bits per heavy atom. The molecule has 2 aromatic carbocycles. The molecule has 0 unspecified atom stereocenters. The number of hydrogen-bond acceptors (Lipinski definition) is 5. The van der Waals surface area contributed by atoms with E-state index in [1.165, 1.54) is 0 Å². The van der Waals surface area contributed by atoms with Gasteiger partial charge in [0.2, 0.25) is 5.78 Å². The van der Waals surface area contributed by atoms with E-state index in [0.29, 0.717) is 35.2 Å². The van der Waals surface area contributed by atoms with Crippen LogP contribution in [0.1, 0.15) is 22.8 Å². The van der Waals surface area contributed by atoms with Gasteiger partial charge in [-0.3, -0.25) is 4.79 Å². The monoisotopic (exact) mass is 326 g/mol.